The summed E-state index contributed by atoms with van der Waals surface area (Å²) in [4.78, 5) is 42.7. The molecule has 0 aliphatic carbocycles. The van der Waals surface area contributed by atoms with Crippen LogP contribution >= 0.6 is 0 Å². The van der Waals surface area contributed by atoms with Crippen molar-refractivity contribution in [1.29, 1.82) is 5.26 Å². The van der Waals surface area contributed by atoms with E-state index in [2.05, 4.69) is 16.4 Å². The summed E-state index contributed by atoms with van der Waals surface area (Å²) >= 11 is 0. The molecule has 39 heavy (non-hydrogen) atoms. The van der Waals surface area contributed by atoms with Crippen LogP contribution in [-0.4, -0.2) is 25.8 Å². The van der Waals surface area contributed by atoms with Crippen molar-refractivity contribution in [1.82, 2.24) is 18.7 Å². The van der Waals surface area contributed by atoms with Crippen LogP contribution in [0.2, 0.25) is 0 Å². The van der Waals surface area contributed by atoms with Crippen molar-refractivity contribution < 1.29 is 4.74 Å². The number of anilines is 2. The Kier molecular flexibility index (Phi) is 5.33. The number of rotatable bonds is 3. The van der Waals surface area contributed by atoms with Crippen LogP contribution < -0.4 is 26.9 Å². The van der Waals surface area contributed by atoms with Crippen LogP contribution in [0.5, 0.6) is 5.75 Å². The smallest absolute Gasteiger partial charge is 0.332 e. The lowest BCUT2D eigenvalue weighted by molar-refractivity contribution is 0.414. The van der Waals surface area contributed by atoms with Crippen molar-refractivity contribution >= 4 is 22.5 Å². The van der Waals surface area contributed by atoms with Gasteiger partial charge in [0.25, 0.3) is 11.1 Å². The highest BCUT2D eigenvalue weighted by Crippen LogP contribution is 2.48. The molecular weight excluding hydrogens is 496 g/mol. The van der Waals surface area contributed by atoms with E-state index >= 15 is 0 Å². The SMILES string of the molecule is COc1ccc(C2c3c([nH]c(=O)c(C#N)c3-c3cn(C)c4ccccc34)Nc3c2c(=O)n(C)c(=O)n3C)cc1. The number of ether oxygens (including phenoxy) is 1. The first-order valence-electron chi connectivity index (χ1n) is 12.2. The fourth-order valence-corrected chi connectivity index (χ4v) is 5.61. The molecule has 5 aromatic rings. The minimum absolute atomic E-state index is 0.0597. The number of nitriles is 1. The molecule has 2 N–H and O–H groups in total. The van der Waals surface area contributed by atoms with Gasteiger partial charge in [-0.05, 0) is 23.8 Å². The number of pyridine rings is 1. The third-order valence-corrected chi connectivity index (χ3v) is 7.50. The van der Waals surface area contributed by atoms with Gasteiger partial charge in [-0.25, -0.2) is 4.79 Å². The van der Waals surface area contributed by atoms with Crippen LogP contribution in [0, 0.1) is 11.3 Å². The van der Waals surface area contributed by atoms with Gasteiger partial charge in [0.05, 0.1) is 12.7 Å². The zero-order valence-electron chi connectivity index (χ0n) is 21.7. The molecule has 1 unspecified atom stereocenters. The molecule has 1 atom stereocenters. The quantitative estimate of drug-likeness (QED) is 0.369. The van der Waals surface area contributed by atoms with E-state index in [4.69, 9.17) is 4.74 Å². The van der Waals surface area contributed by atoms with Crippen LogP contribution in [0.3, 0.4) is 0 Å². The normalized spacial score (nSPS) is 13.9. The van der Waals surface area contributed by atoms with Crippen LogP contribution in [0.15, 0.2) is 69.1 Å². The van der Waals surface area contributed by atoms with Gasteiger partial charge in [-0.1, -0.05) is 30.3 Å². The molecule has 2 aromatic carbocycles. The van der Waals surface area contributed by atoms with Gasteiger partial charge in [0.1, 0.15) is 29.0 Å². The molecule has 6 rings (SSSR count). The van der Waals surface area contributed by atoms with Gasteiger partial charge >= 0.3 is 5.69 Å². The van der Waals surface area contributed by atoms with E-state index in [0.29, 0.717) is 33.8 Å². The fraction of sp³-hybridized carbons (Fsp3) is 0.172. The minimum Gasteiger partial charge on any atom is -0.497 e. The Bertz CT molecular complexity index is 2040. The Labute approximate surface area is 222 Å². The Morgan fingerprint density at radius 2 is 1.67 bits per heavy atom. The van der Waals surface area contributed by atoms with E-state index in [1.165, 1.54) is 11.6 Å². The Morgan fingerprint density at radius 1 is 0.949 bits per heavy atom. The molecule has 0 saturated heterocycles. The summed E-state index contributed by atoms with van der Waals surface area (Å²) in [5.41, 5.74) is 2.06. The van der Waals surface area contributed by atoms with Crippen molar-refractivity contribution in [3.05, 3.63) is 108 Å². The first-order chi connectivity index (χ1) is 18.8. The molecule has 0 fully saturated rings. The van der Waals surface area contributed by atoms with E-state index < -0.39 is 22.7 Å². The predicted molar refractivity (Wildman–Crippen MR) is 148 cm³/mol. The van der Waals surface area contributed by atoms with Crippen LogP contribution in [0.1, 0.15) is 28.2 Å². The zero-order chi connectivity index (χ0) is 27.6. The number of methoxy groups -OCH3 is 1. The number of hydrogen-bond acceptors (Lipinski definition) is 6. The molecule has 194 valence electrons. The molecule has 0 amide bonds. The van der Waals surface area contributed by atoms with E-state index in [1.54, 1.807) is 26.3 Å². The van der Waals surface area contributed by atoms with E-state index in [0.717, 1.165) is 21.0 Å². The standard InChI is InChI=1S/C29H24N6O4/c1-33-14-19(17-7-5-6-8-20(17)33)22-18(13-30)27(36)32-25-23(22)21(15-9-11-16(39-4)12-10-15)24-26(31-25)34(2)29(38)35(3)28(24)37/h5-12,14,21H,1-4H3,(H2,31,32,36). The van der Waals surface area contributed by atoms with Crippen LogP contribution in [-0.2, 0) is 21.1 Å². The Morgan fingerprint density at radius 3 is 2.36 bits per heavy atom. The highest BCUT2D eigenvalue weighted by Gasteiger charge is 2.37. The molecule has 4 heterocycles. The van der Waals surface area contributed by atoms with Gasteiger partial charge in [-0.3, -0.25) is 18.7 Å². The number of aromatic nitrogens is 4. The number of aromatic amines is 1. The Hall–Kier alpha value is -5.30. The monoisotopic (exact) mass is 520 g/mol. The number of H-pyrrole nitrogens is 1. The molecule has 3 aromatic heterocycles. The summed E-state index contributed by atoms with van der Waals surface area (Å²) < 4.78 is 9.71. The molecule has 1 aliphatic heterocycles. The maximum atomic E-state index is 13.7. The van der Waals surface area contributed by atoms with Gasteiger partial charge in [0, 0.05) is 60.9 Å². The fourth-order valence-electron chi connectivity index (χ4n) is 5.61. The van der Waals surface area contributed by atoms with Crippen molar-refractivity contribution in [2.24, 2.45) is 21.1 Å². The van der Waals surface area contributed by atoms with Crippen molar-refractivity contribution in [3.8, 4) is 22.9 Å². The average molecular weight is 521 g/mol. The molecule has 10 nitrogen and oxygen atoms in total. The number of hydrogen-bond donors (Lipinski definition) is 2. The number of fused-ring (bicyclic) bond motifs is 3. The highest BCUT2D eigenvalue weighted by molar-refractivity contribution is 6.00. The lowest BCUT2D eigenvalue weighted by atomic mass is 9.79. The first-order valence-corrected chi connectivity index (χ1v) is 12.2. The van der Waals surface area contributed by atoms with Gasteiger partial charge in [-0.15, -0.1) is 0 Å². The van der Waals surface area contributed by atoms with E-state index in [1.807, 2.05) is 54.2 Å². The van der Waals surface area contributed by atoms with Gasteiger partial charge in [0.15, 0.2) is 0 Å². The molecule has 0 radical (unpaired) electrons. The first kappa shape index (κ1) is 24.1. The molecule has 0 spiro atoms. The molecule has 0 bridgehead atoms. The maximum absolute atomic E-state index is 13.7. The second-order valence-electron chi connectivity index (χ2n) is 9.57. The minimum atomic E-state index is -0.717. The van der Waals surface area contributed by atoms with Gasteiger partial charge < -0.3 is 19.6 Å². The Balaban J connectivity index is 1.81. The topological polar surface area (TPSA) is 127 Å². The predicted octanol–water partition coefficient (Wildman–Crippen LogP) is 3.05. The molecule has 0 saturated carbocycles. The summed E-state index contributed by atoms with van der Waals surface area (Å²) in [6.45, 7) is 0. The molecular formula is C29H24N6O4. The lowest BCUT2D eigenvalue weighted by Crippen LogP contribution is -2.42. The second-order valence-corrected chi connectivity index (χ2v) is 9.57. The summed E-state index contributed by atoms with van der Waals surface area (Å²) in [5, 5.41) is 14.2. The van der Waals surface area contributed by atoms with Gasteiger partial charge in [0.2, 0.25) is 0 Å². The average Bonchev–Trinajstić information content (AvgIpc) is 3.29. The molecule has 1 aliphatic rings. The number of para-hydroxylation sites is 1. The number of nitrogens with zero attached hydrogens (tertiary/aromatic N) is 4. The van der Waals surface area contributed by atoms with Crippen LogP contribution in [0.4, 0.5) is 11.6 Å². The van der Waals surface area contributed by atoms with Gasteiger partial charge in [-0.2, -0.15) is 5.26 Å². The lowest BCUT2D eigenvalue weighted by Gasteiger charge is -2.32. The van der Waals surface area contributed by atoms with E-state index in [9.17, 15) is 19.6 Å². The summed E-state index contributed by atoms with van der Waals surface area (Å²) in [5.74, 6) is 0.514. The van der Waals surface area contributed by atoms with Crippen molar-refractivity contribution in [3.63, 3.8) is 0 Å². The zero-order valence-corrected chi connectivity index (χ0v) is 21.7. The number of aryl methyl sites for hydroxylation is 1. The number of benzene rings is 2. The largest absolute Gasteiger partial charge is 0.497 e. The highest BCUT2D eigenvalue weighted by atomic mass is 16.5. The maximum Gasteiger partial charge on any atom is 0.332 e. The summed E-state index contributed by atoms with van der Waals surface area (Å²) in [6, 6.07) is 17.1. The number of nitrogens with one attached hydrogen (secondary N) is 2. The molecule has 10 heteroatoms. The third kappa shape index (κ3) is 3.37. The van der Waals surface area contributed by atoms with Crippen molar-refractivity contribution in [2.45, 2.75) is 5.92 Å². The van der Waals surface area contributed by atoms with Crippen molar-refractivity contribution in [2.75, 3.05) is 12.4 Å². The third-order valence-electron chi connectivity index (χ3n) is 7.50. The summed E-state index contributed by atoms with van der Waals surface area (Å²) in [7, 11) is 6.47. The van der Waals surface area contributed by atoms with E-state index in [-0.39, 0.29) is 11.4 Å². The van der Waals surface area contributed by atoms with Crippen LogP contribution in [0.25, 0.3) is 22.0 Å². The second kappa shape index (κ2) is 8.63. The summed E-state index contributed by atoms with van der Waals surface area (Å²) in [6.07, 6.45) is 1.89.